The standard InChI is InChI=1S/C9H12/c1-9-7-5-3-2-4-6-8-9/h2-5,8H,6-7H2,1H3/b4-2?,5-3-,9-8-. The maximum absolute atomic E-state index is 2.26. The molecule has 0 heteroatoms. The van der Waals surface area contributed by atoms with Crippen molar-refractivity contribution in [2.45, 2.75) is 19.8 Å². The second-order valence-corrected chi connectivity index (χ2v) is 2.35. The highest BCUT2D eigenvalue weighted by Gasteiger charge is 1.84. The first-order valence-corrected chi connectivity index (χ1v) is 3.37. The maximum Gasteiger partial charge on any atom is -0.0138 e. The van der Waals surface area contributed by atoms with Crippen LogP contribution in [0.5, 0.6) is 0 Å². The average Bonchev–Trinajstić information content (AvgIpc) is 1.79. The Bertz CT molecular complexity index is 159. The Morgan fingerprint density at radius 3 is 2.89 bits per heavy atom. The summed E-state index contributed by atoms with van der Waals surface area (Å²) in [6.45, 7) is 2.17. The molecular formula is C9H12. The number of hydrogen-bond donors (Lipinski definition) is 0. The Balaban J connectivity index is 2.61. The number of rotatable bonds is 0. The molecule has 1 aliphatic rings. The molecule has 0 saturated carbocycles. The van der Waals surface area contributed by atoms with Crippen molar-refractivity contribution in [3.05, 3.63) is 36.0 Å². The van der Waals surface area contributed by atoms with Crippen LogP contribution in [0.3, 0.4) is 0 Å². The van der Waals surface area contributed by atoms with Crippen LogP contribution in [0, 0.1) is 0 Å². The summed E-state index contributed by atoms with van der Waals surface area (Å²) in [6.07, 6.45) is 13.0. The van der Waals surface area contributed by atoms with Crippen LogP contribution in [0.4, 0.5) is 0 Å². The van der Waals surface area contributed by atoms with E-state index in [0.717, 1.165) is 12.8 Å². The average molecular weight is 120 g/mol. The van der Waals surface area contributed by atoms with Crippen LogP contribution in [0.1, 0.15) is 19.8 Å². The number of hydrogen-bond acceptors (Lipinski definition) is 0. The van der Waals surface area contributed by atoms with Gasteiger partial charge in [0, 0.05) is 0 Å². The van der Waals surface area contributed by atoms with E-state index < -0.39 is 0 Å². The highest BCUT2D eigenvalue weighted by atomic mass is 13.9. The van der Waals surface area contributed by atoms with Crippen molar-refractivity contribution >= 4 is 0 Å². The van der Waals surface area contributed by atoms with Gasteiger partial charge in [-0.1, -0.05) is 36.0 Å². The molecule has 0 unspecified atom stereocenters. The molecular weight excluding hydrogens is 108 g/mol. The SMILES string of the molecule is C/C1=C/CC=C/C=C\C1. The van der Waals surface area contributed by atoms with E-state index >= 15 is 0 Å². The third-order valence-corrected chi connectivity index (χ3v) is 1.43. The van der Waals surface area contributed by atoms with Crippen LogP contribution < -0.4 is 0 Å². The summed E-state index contributed by atoms with van der Waals surface area (Å²) in [5, 5.41) is 0. The lowest BCUT2D eigenvalue weighted by Crippen LogP contribution is -1.74. The van der Waals surface area contributed by atoms with Gasteiger partial charge in [-0.2, -0.15) is 0 Å². The molecule has 0 aromatic carbocycles. The monoisotopic (exact) mass is 120 g/mol. The molecule has 0 saturated heterocycles. The minimum absolute atomic E-state index is 1.09. The van der Waals surface area contributed by atoms with Gasteiger partial charge in [-0.25, -0.2) is 0 Å². The smallest absolute Gasteiger partial charge is 0.0138 e. The van der Waals surface area contributed by atoms with Gasteiger partial charge in [0.25, 0.3) is 0 Å². The van der Waals surface area contributed by atoms with Crippen molar-refractivity contribution in [3.8, 4) is 0 Å². The van der Waals surface area contributed by atoms with E-state index in [0.29, 0.717) is 0 Å². The van der Waals surface area contributed by atoms with Gasteiger partial charge in [0.2, 0.25) is 0 Å². The second kappa shape index (κ2) is 3.29. The lowest BCUT2D eigenvalue weighted by molar-refractivity contribution is 1.16. The summed E-state index contributed by atoms with van der Waals surface area (Å²) < 4.78 is 0. The van der Waals surface area contributed by atoms with Crippen LogP contribution in [0.2, 0.25) is 0 Å². The molecule has 0 radical (unpaired) electrons. The molecule has 0 heterocycles. The zero-order chi connectivity index (χ0) is 6.53. The van der Waals surface area contributed by atoms with Crippen molar-refractivity contribution in [1.82, 2.24) is 0 Å². The van der Waals surface area contributed by atoms with Crippen molar-refractivity contribution in [2.24, 2.45) is 0 Å². The molecule has 0 aromatic heterocycles. The van der Waals surface area contributed by atoms with Crippen LogP contribution in [0.25, 0.3) is 0 Å². The molecule has 0 amide bonds. The summed E-state index contributed by atoms with van der Waals surface area (Å²) in [4.78, 5) is 0. The van der Waals surface area contributed by atoms with Gasteiger partial charge in [0.05, 0.1) is 0 Å². The van der Waals surface area contributed by atoms with Gasteiger partial charge in [-0.05, 0) is 19.8 Å². The fourth-order valence-electron chi connectivity index (χ4n) is 0.842. The minimum atomic E-state index is 1.09. The van der Waals surface area contributed by atoms with E-state index in [9.17, 15) is 0 Å². The Hall–Kier alpha value is -0.780. The van der Waals surface area contributed by atoms with Crippen molar-refractivity contribution in [2.75, 3.05) is 0 Å². The molecule has 0 aliphatic heterocycles. The Morgan fingerprint density at radius 1 is 1.22 bits per heavy atom. The van der Waals surface area contributed by atoms with Crippen LogP contribution in [-0.2, 0) is 0 Å². The minimum Gasteiger partial charge on any atom is -0.0815 e. The largest absolute Gasteiger partial charge is 0.0815 e. The molecule has 0 aromatic rings. The molecule has 0 atom stereocenters. The van der Waals surface area contributed by atoms with Crippen molar-refractivity contribution in [1.29, 1.82) is 0 Å². The van der Waals surface area contributed by atoms with Gasteiger partial charge >= 0.3 is 0 Å². The van der Waals surface area contributed by atoms with Gasteiger partial charge in [-0.15, -0.1) is 0 Å². The predicted molar refractivity (Wildman–Crippen MR) is 41.3 cm³/mol. The van der Waals surface area contributed by atoms with Gasteiger partial charge in [0.1, 0.15) is 0 Å². The van der Waals surface area contributed by atoms with E-state index in [1.165, 1.54) is 5.57 Å². The Labute approximate surface area is 56.6 Å². The third-order valence-electron chi connectivity index (χ3n) is 1.43. The molecule has 0 nitrogen and oxygen atoms in total. The van der Waals surface area contributed by atoms with E-state index in [1.807, 2.05) is 0 Å². The Kier molecular flexibility index (Phi) is 2.32. The fourth-order valence-corrected chi connectivity index (χ4v) is 0.842. The van der Waals surface area contributed by atoms with Gasteiger partial charge < -0.3 is 0 Å². The normalized spacial score (nSPS) is 27.9. The summed E-state index contributed by atoms with van der Waals surface area (Å²) >= 11 is 0. The molecule has 0 spiro atoms. The van der Waals surface area contributed by atoms with E-state index in [-0.39, 0.29) is 0 Å². The van der Waals surface area contributed by atoms with Gasteiger partial charge in [-0.3, -0.25) is 0 Å². The predicted octanol–water partition coefficient (Wildman–Crippen LogP) is 2.84. The Morgan fingerprint density at radius 2 is 2.00 bits per heavy atom. The first kappa shape index (κ1) is 6.34. The van der Waals surface area contributed by atoms with E-state index in [2.05, 4.69) is 37.3 Å². The molecule has 48 valence electrons. The lowest BCUT2D eigenvalue weighted by atomic mass is 10.1. The highest BCUT2D eigenvalue weighted by molar-refractivity contribution is 5.14. The van der Waals surface area contributed by atoms with Gasteiger partial charge in [0.15, 0.2) is 0 Å². The quantitative estimate of drug-likeness (QED) is 0.431. The first-order chi connectivity index (χ1) is 4.39. The zero-order valence-corrected chi connectivity index (χ0v) is 5.80. The van der Waals surface area contributed by atoms with E-state index in [1.54, 1.807) is 0 Å². The van der Waals surface area contributed by atoms with Crippen LogP contribution in [0.15, 0.2) is 36.0 Å². The zero-order valence-electron chi connectivity index (χ0n) is 5.80. The maximum atomic E-state index is 2.26. The first-order valence-electron chi connectivity index (χ1n) is 3.37. The topological polar surface area (TPSA) is 0 Å². The van der Waals surface area contributed by atoms with Crippen molar-refractivity contribution in [3.63, 3.8) is 0 Å². The summed E-state index contributed by atoms with van der Waals surface area (Å²) in [6, 6.07) is 0. The molecule has 0 N–H and O–H groups in total. The number of allylic oxidation sites excluding steroid dienone is 6. The van der Waals surface area contributed by atoms with Crippen LogP contribution in [-0.4, -0.2) is 0 Å². The third kappa shape index (κ3) is 2.31. The fraction of sp³-hybridized carbons (Fsp3) is 0.333. The molecule has 1 rings (SSSR count). The highest BCUT2D eigenvalue weighted by Crippen LogP contribution is 2.05. The molecule has 1 aliphatic carbocycles. The molecule has 0 bridgehead atoms. The molecule has 9 heavy (non-hydrogen) atoms. The van der Waals surface area contributed by atoms with E-state index in [4.69, 9.17) is 0 Å². The summed E-state index contributed by atoms with van der Waals surface area (Å²) in [7, 11) is 0. The van der Waals surface area contributed by atoms with Crippen LogP contribution >= 0.6 is 0 Å². The molecule has 0 fully saturated rings. The van der Waals surface area contributed by atoms with Crippen molar-refractivity contribution < 1.29 is 0 Å². The second-order valence-electron chi connectivity index (χ2n) is 2.35. The summed E-state index contributed by atoms with van der Waals surface area (Å²) in [5.74, 6) is 0. The lowest BCUT2D eigenvalue weighted by Gasteiger charge is -1.95. The summed E-state index contributed by atoms with van der Waals surface area (Å²) in [5.41, 5.74) is 1.47.